The molecule has 0 rings (SSSR count). The lowest BCUT2D eigenvalue weighted by Crippen LogP contribution is -2.41. The molecule has 0 saturated carbocycles. The number of aliphatic carboxylic acids is 1. The first-order valence-electron chi connectivity index (χ1n) is 6.57. The Bertz CT molecular complexity index is 338. The normalized spacial score (nSPS) is 10.9. The van der Waals surface area contributed by atoms with Gasteiger partial charge in [-0.3, -0.25) is 14.4 Å². The van der Waals surface area contributed by atoms with E-state index < -0.39 is 17.3 Å². The zero-order valence-electron chi connectivity index (χ0n) is 12.2. The van der Waals surface area contributed by atoms with Crippen LogP contribution in [0.4, 0.5) is 0 Å². The molecule has 0 aromatic heterocycles. The lowest BCUT2D eigenvalue weighted by molar-refractivity contribution is -0.152. The van der Waals surface area contributed by atoms with Gasteiger partial charge in [0.1, 0.15) is 0 Å². The molecule has 0 aromatic carbocycles. The maximum Gasteiger partial charge on any atom is 0.310 e. The molecule has 110 valence electrons. The van der Waals surface area contributed by atoms with Crippen LogP contribution in [0, 0.1) is 5.41 Å². The van der Waals surface area contributed by atoms with Crippen molar-refractivity contribution in [2.24, 2.45) is 5.41 Å². The second-order valence-electron chi connectivity index (χ2n) is 4.65. The Morgan fingerprint density at radius 2 is 1.68 bits per heavy atom. The summed E-state index contributed by atoms with van der Waals surface area (Å²) in [5, 5.41) is 11.7. The predicted octanol–water partition coefficient (Wildman–Crippen LogP) is 0.862. The summed E-state index contributed by atoms with van der Waals surface area (Å²) in [4.78, 5) is 36.0. The van der Waals surface area contributed by atoms with Crippen LogP contribution in [0.15, 0.2) is 0 Å². The van der Waals surface area contributed by atoms with Gasteiger partial charge in [0.2, 0.25) is 11.8 Å². The quantitative estimate of drug-likeness (QED) is 0.686. The van der Waals surface area contributed by atoms with Crippen LogP contribution in [0.25, 0.3) is 0 Å². The molecule has 0 aliphatic heterocycles. The Morgan fingerprint density at radius 3 is 2.05 bits per heavy atom. The molecule has 0 radical (unpaired) electrons. The molecule has 0 unspecified atom stereocenters. The van der Waals surface area contributed by atoms with E-state index in [1.165, 1.54) is 4.90 Å². The van der Waals surface area contributed by atoms with Crippen molar-refractivity contribution in [3.8, 4) is 0 Å². The van der Waals surface area contributed by atoms with Crippen molar-refractivity contribution < 1.29 is 19.5 Å². The van der Waals surface area contributed by atoms with Crippen LogP contribution >= 0.6 is 0 Å². The fraction of sp³-hybridized carbons (Fsp3) is 0.769. The van der Waals surface area contributed by atoms with Crippen molar-refractivity contribution in [1.29, 1.82) is 0 Å². The Morgan fingerprint density at radius 1 is 1.16 bits per heavy atom. The third-order valence-corrected chi connectivity index (χ3v) is 3.64. The molecule has 0 atom stereocenters. The third kappa shape index (κ3) is 4.89. The van der Waals surface area contributed by atoms with E-state index in [4.69, 9.17) is 0 Å². The minimum absolute atomic E-state index is 0.0910. The van der Waals surface area contributed by atoms with Gasteiger partial charge in [0.05, 0.1) is 12.0 Å². The Balaban J connectivity index is 4.45. The zero-order chi connectivity index (χ0) is 15.1. The molecule has 0 aliphatic carbocycles. The van der Waals surface area contributed by atoms with E-state index in [-0.39, 0.29) is 18.9 Å². The van der Waals surface area contributed by atoms with Crippen molar-refractivity contribution in [2.75, 3.05) is 20.1 Å². The Kier molecular flexibility index (Phi) is 7.11. The molecule has 0 saturated heterocycles. The van der Waals surface area contributed by atoms with E-state index in [0.29, 0.717) is 19.4 Å². The summed E-state index contributed by atoms with van der Waals surface area (Å²) in [6.07, 6.45) is 0.669. The number of likely N-dealkylation sites (N-methyl/N-ethyl adjacent to an activating group) is 1. The number of hydrogen-bond donors (Lipinski definition) is 2. The molecule has 0 fully saturated rings. The number of carboxylic acids is 1. The number of carboxylic acid groups (broad SMARTS) is 1. The highest BCUT2D eigenvalue weighted by Crippen LogP contribution is 2.30. The van der Waals surface area contributed by atoms with Crippen LogP contribution in [0.3, 0.4) is 0 Å². The number of carbonyl (C=O) groups is 3. The second kappa shape index (κ2) is 7.76. The van der Waals surface area contributed by atoms with Gasteiger partial charge in [-0.05, 0) is 19.8 Å². The maximum atomic E-state index is 11.8. The van der Waals surface area contributed by atoms with E-state index in [2.05, 4.69) is 5.32 Å². The smallest absolute Gasteiger partial charge is 0.310 e. The number of nitrogens with zero attached hydrogens (tertiary/aromatic N) is 1. The van der Waals surface area contributed by atoms with Crippen molar-refractivity contribution in [3.63, 3.8) is 0 Å². The molecule has 0 aromatic rings. The Labute approximate surface area is 114 Å². The van der Waals surface area contributed by atoms with Crippen LogP contribution < -0.4 is 5.32 Å². The predicted molar refractivity (Wildman–Crippen MR) is 71.6 cm³/mol. The lowest BCUT2D eigenvalue weighted by Gasteiger charge is -2.26. The zero-order valence-corrected chi connectivity index (χ0v) is 12.2. The number of rotatable bonds is 8. The van der Waals surface area contributed by atoms with Crippen LogP contribution in [-0.4, -0.2) is 47.9 Å². The Hall–Kier alpha value is -1.59. The van der Waals surface area contributed by atoms with E-state index >= 15 is 0 Å². The lowest BCUT2D eigenvalue weighted by atomic mass is 9.79. The highest BCUT2D eigenvalue weighted by atomic mass is 16.4. The molecule has 2 amide bonds. The van der Waals surface area contributed by atoms with Crippen molar-refractivity contribution in [1.82, 2.24) is 10.2 Å². The minimum Gasteiger partial charge on any atom is -0.481 e. The molecular formula is C13H24N2O4. The maximum absolute atomic E-state index is 11.8. The monoisotopic (exact) mass is 272 g/mol. The molecule has 0 heterocycles. The van der Waals surface area contributed by atoms with E-state index in [1.54, 1.807) is 20.9 Å². The summed E-state index contributed by atoms with van der Waals surface area (Å²) >= 11 is 0. The number of nitrogens with one attached hydrogen (secondary N) is 1. The van der Waals surface area contributed by atoms with Gasteiger partial charge in [-0.2, -0.15) is 0 Å². The first kappa shape index (κ1) is 17.4. The largest absolute Gasteiger partial charge is 0.481 e. The number of amides is 2. The SMILES string of the molecule is CCN(C)C(=O)CNC(=O)CC(CC)(CC)C(=O)O. The van der Waals surface area contributed by atoms with Gasteiger partial charge in [0.15, 0.2) is 0 Å². The van der Waals surface area contributed by atoms with Gasteiger partial charge in [-0.15, -0.1) is 0 Å². The van der Waals surface area contributed by atoms with Gasteiger partial charge in [0.25, 0.3) is 0 Å². The molecule has 19 heavy (non-hydrogen) atoms. The second-order valence-corrected chi connectivity index (χ2v) is 4.65. The van der Waals surface area contributed by atoms with Crippen molar-refractivity contribution >= 4 is 17.8 Å². The summed E-state index contributed by atoms with van der Waals surface area (Å²) < 4.78 is 0. The summed E-state index contributed by atoms with van der Waals surface area (Å²) in [5.41, 5.74) is -1.04. The van der Waals surface area contributed by atoms with Crippen LogP contribution in [0.2, 0.25) is 0 Å². The topological polar surface area (TPSA) is 86.7 Å². The standard InChI is InChI=1S/C13H24N2O4/c1-5-13(6-2,12(18)19)8-10(16)14-9-11(17)15(4)7-3/h5-9H2,1-4H3,(H,14,16)(H,18,19). The molecule has 0 spiro atoms. The summed E-state index contributed by atoms with van der Waals surface area (Å²) in [6.45, 7) is 5.81. The number of carbonyl (C=O) groups excluding carboxylic acids is 2. The van der Waals surface area contributed by atoms with E-state index in [9.17, 15) is 19.5 Å². The first-order chi connectivity index (χ1) is 8.82. The van der Waals surface area contributed by atoms with Crippen LogP contribution in [0.1, 0.15) is 40.0 Å². The number of hydrogen-bond acceptors (Lipinski definition) is 3. The average molecular weight is 272 g/mol. The van der Waals surface area contributed by atoms with Crippen LogP contribution in [-0.2, 0) is 14.4 Å². The highest BCUT2D eigenvalue weighted by molar-refractivity contribution is 5.88. The summed E-state index contributed by atoms with van der Waals surface area (Å²) in [7, 11) is 1.65. The van der Waals surface area contributed by atoms with Gasteiger partial charge < -0.3 is 15.3 Å². The minimum atomic E-state index is -1.04. The molecule has 6 nitrogen and oxygen atoms in total. The fourth-order valence-corrected chi connectivity index (χ4v) is 1.73. The molecule has 6 heteroatoms. The van der Waals surface area contributed by atoms with E-state index in [0.717, 1.165) is 0 Å². The van der Waals surface area contributed by atoms with Gasteiger partial charge in [-0.25, -0.2) is 0 Å². The fourth-order valence-electron chi connectivity index (χ4n) is 1.73. The van der Waals surface area contributed by atoms with Crippen LogP contribution in [0.5, 0.6) is 0 Å². The third-order valence-electron chi connectivity index (χ3n) is 3.64. The molecule has 2 N–H and O–H groups in total. The average Bonchev–Trinajstić information content (AvgIpc) is 2.40. The van der Waals surface area contributed by atoms with Gasteiger partial charge >= 0.3 is 5.97 Å². The highest BCUT2D eigenvalue weighted by Gasteiger charge is 2.37. The van der Waals surface area contributed by atoms with Gasteiger partial charge in [-0.1, -0.05) is 13.8 Å². The summed E-state index contributed by atoms with van der Waals surface area (Å²) in [5.74, 6) is -1.56. The van der Waals surface area contributed by atoms with Crippen molar-refractivity contribution in [2.45, 2.75) is 40.0 Å². The van der Waals surface area contributed by atoms with Gasteiger partial charge in [0, 0.05) is 20.0 Å². The van der Waals surface area contributed by atoms with E-state index in [1.807, 2.05) is 6.92 Å². The molecular weight excluding hydrogens is 248 g/mol. The van der Waals surface area contributed by atoms with Crippen molar-refractivity contribution in [3.05, 3.63) is 0 Å². The summed E-state index contributed by atoms with van der Waals surface area (Å²) in [6, 6.07) is 0. The first-order valence-corrected chi connectivity index (χ1v) is 6.57. The molecule has 0 aliphatic rings. The molecule has 0 bridgehead atoms.